The topological polar surface area (TPSA) is 97.3 Å². The highest BCUT2D eigenvalue weighted by molar-refractivity contribution is 5.93. The summed E-state index contributed by atoms with van der Waals surface area (Å²) in [6, 6.07) is 16.5. The molecule has 2 aromatic carbocycles. The van der Waals surface area contributed by atoms with Crippen LogP contribution in [0.25, 0.3) is 10.9 Å². The second-order valence-corrected chi connectivity index (χ2v) is 8.52. The van der Waals surface area contributed by atoms with E-state index in [1.165, 1.54) is 11.9 Å². The number of rotatable bonds is 8. The van der Waals surface area contributed by atoms with Crippen molar-refractivity contribution < 1.29 is 9.47 Å². The third-order valence-corrected chi connectivity index (χ3v) is 6.20. The third kappa shape index (κ3) is 5.41. The molecule has 0 amide bonds. The number of likely N-dealkylation sites (tertiary alicyclic amines) is 1. The monoisotopic (exact) mass is 471 g/mol. The molecular weight excluding hydrogens is 442 g/mol. The summed E-state index contributed by atoms with van der Waals surface area (Å²) in [7, 11) is 3.25. The van der Waals surface area contributed by atoms with Gasteiger partial charge in [-0.3, -0.25) is 4.90 Å². The molecule has 180 valence electrons. The molecule has 35 heavy (non-hydrogen) atoms. The minimum absolute atomic E-state index is 0.306. The van der Waals surface area contributed by atoms with Crippen LogP contribution in [0.4, 0.5) is 17.6 Å². The largest absolute Gasteiger partial charge is 0.493 e. The molecule has 0 unspecified atom stereocenters. The van der Waals surface area contributed by atoms with Crippen molar-refractivity contribution in [2.24, 2.45) is 0 Å². The Hall–Kier alpha value is -3.98. The fourth-order valence-electron chi connectivity index (χ4n) is 4.37. The van der Waals surface area contributed by atoms with E-state index in [2.05, 4.69) is 55.8 Å². The average molecular weight is 472 g/mol. The first-order valence-corrected chi connectivity index (χ1v) is 11.7. The van der Waals surface area contributed by atoms with Gasteiger partial charge in [0.2, 0.25) is 5.95 Å². The molecule has 1 aliphatic heterocycles. The van der Waals surface area contributed by atoms with Crippen LogP contribution in [0, 0.1) is 0 Å². The Labute approximate surface area is 204 Å². The van der Waals surface area contributed by atoms with Crippen LogP contribution in [0.3, 0.4) is 0 Å². The summed E-state index contributed by atoms with van der Waals surface area (Å²) in [5.41, 5.74) is 2.10. The minimum atomic E-state index is 0.306. The Morgan fingerprint density at radius 2 is 1.74 bits per heavy atom. The number of fused-ring (bicyclic) bond motifs is 1. The van der Waals surface area contributed by atoms with Crippen molar-refractivity contribution in [1.29, 1.82) is 0 Å². The van der Waals surface area contributed by atoms with Gasteiger partial charge < -0.3 is 20.1 Å². The molecule has 0 atom stereocenters. The number of hydrogen-bond donors (Lipinski definition) is 2. The van der Waals surface area contributed by atoms with Gasteiger partial charge in [-0.2, -0.15) is 4.98 Å². The number of piperidine rings is 1. The van der Waals surface area contributed by atoms with Gasteiger partial charge in [-0.15, -0.1) is 0 Å². The maximum atomic E-state index is 5.54. The molecule has 0 spiro atoms. The molecule has 1 aliphatic rings. The van der Waals surface area contributed by atoms with Gasteiger partial charge in [-0.05, 0) is 30.5 Å². The van der Waals surface area contributed by atoms with Crippen molar-refractivity contribution in [3.63, 3.8) is 0 Å². The predicted molar refractivity (Wildman–Crippen MR) is 136 cm³/mol. The van der Waals surface area contributed by atoms with E-state index in [4.69, 9.17) is 19.4 Å². The first-order chi connectivity index (χ1) is 17.2. The van der Waals surface area contributed by atoms with Crippen LogP contribution in [0.1, 0.15) is 18.4 Å². The average Bonchev–Trinajstić information content (AvgIpc) is 2.90. The van der Waals surface area contributed by atoms with Gasteiger partial charge in [0.05, 0.1) is 19.7 Å². The summed E-state index contributed by atoms with van der Waals surface area (Å²) >= 11 is 0. The first-order valence-electron chi connectivity index (χ1n) is 11.7. The van der Waals surface area contributed by atoms with Crippen LogP contribution >= 0.6 is 0 Å². The molecule has 2 aromatic heterocycles. The maximum Gasteiger partial charge on any atom is 0.230 e. The van der Waals surface area contributed by atoms with Crippen molar-refractivity contribution in [1.82, 2.24) is 24.8 Å². The third-order valence-electron chi connectivity index (χ3n) is 6.20. The number of nitrogens with zero attached hydrogens (tertiary/aromatic N) is 5. The standard InChI is InChI=1S/C26H29N7O2/c1-34-22-14-20-21(15-23(22)35-2)30-26(31-24-8-11-27-17-28-24)32-25(20)29-19-9-12-33(13-10-19)16-18-6-4-3-5-7-18/h3-8,11,14-15,17,19H,9-10,12-13,16H2,1-2H3,(H2,27,28,29,30,31,32). The van der Waals surface area contributed by atoms with E-state index in [0.717, 1.165) is 49.2 Å². The lowest BCUT2D eigenvalue weighted by molar-refractivity contribution is 0.211. The summed E-state index contributed by atoms with van der Waals surface area (Å²) in [6.07, 6.45) is 5.22. The normalized spacial score (nSPS) is 14.6. The Kier molecular flexibility index (Phi) is 6.85. The Bertz CT molecular complexity index is 1260. The van der Waals surface area contributed by atoms with Crippen LogP contribution in [-0.2, 0) is 6.54 Å². The zero-order chi connectivity index (χ0) is 24.0. The quantitative estimate of drug-likeness (QED) is 0.391. The van der Waals surface area contributed by atoms with Crippen molar-refractivity contribution >= 4 is 28.5 Å². The van der Waals surface area contributed by atoms with E-state index >= 15 is 0 Å². The van der Waals surface area contributed by atoms with Crippen LogP contribution < -0.4 is 20.1 Å². The lowest BCUT2D eigenvalue weighted by Crippen LogP contribution is -2.38. The van der Waals surface area contributed by atoms with Crippen LogP contribution in [0.2, 0.25) is 0 Å². The van der Waals surface area contributed by atoms with Gasteiger partial charge >= 0.3 is 0 Å². The second-order valence-electron chi connectivity index (χ2n) is 8.52. The van der Waals surface area contributed by atoms with Crippen molar-refractivity contribution in [2.75, 3.05) is 37.9 Å². The Balaban J connectivity index is 1.38. The number of ether oxygens (including phenoxy) is 2. The molecule has 0 bridgehead atoms. The van der Waals surface area contributed by atoms with Gasteiger partial charge in [-0.25, -0.2) is 15.0 Å². The molecule has 1 fully saturated rings. The van der Waals surface area contributed by atoms with Gasteiger partial charge in [-0.1, -0.05) is 30.3 Å². The minimum Gasteiger partial charge on any atom is -0.493 e. The highest BCUT2D eigenvalue weighted by Crippen LogP contribution is 2.35. The van der Waals surface area contributed by atoms with Crippen molar-refractivity contribution in [3.05, 3.63) is 66.6 Å². The van der Waals surface area contributed by atoms with E-state index in [9.17, 15) is 0 Å². The Morgan fingerprint density at radius 1 is 0.971 bits per heavy atom. The van der Waals surface area contributed by atoms with E-state index in [1.54, 1.807) is 26.5 Å². The molecule has 2 N–H and O–H groups in total. The van der Waals surface area contributed by atoms with E-state index in [0.29, 0.717) is 29.3 Å². The van der Waals surface area contributed by atoms with Crippen molar-refractivity contribution in [3.8, 4) is 11.5 Å². The van der Waals surface area contributed by atoms with Gasteiger partial charge in [0.25, 0.3) is 0 Å². The van der Waals surface area contributed by atoms with Crippen LogP contribution in [0.15, 0.2) is 61.1 Å². The highest BCUT2D eigenvalue weighted by Gasteiger charge is 2.21. The van der Waals surface area contributed by atoms with E-state index in [1.807, 2.05) is 12.1 Å². The Morgan fingerprint density at radius 3 is 2.46 bits per heavy atom. The van der Waals surface area contributed by atoms with Gasteiger partial charge in [0.15, 0.2) is 11.5 Å². The van der Waals surface area contributed by atoms with Crippen LogP contribution in [-0.4, -0.2) is 58.2 Å². The summed E-state index contributed by atoms with van der Waals surface area (Å²) in [6.45, 7) is 3.03. The fourth-order valence-corrected chi connectivity index (χ4v) is 4.37. The van der Waals surface area contributed by atoms with E-state index in [-0.39, 0.29) is 0 Å². The zero-order valence-electron chi connectivity index (χ0n) is 19.9. The molecule has 1 saturated heterocycles. The van der Waals surface area contributed by atoms with E-state index < -0.39 is 0 Å². The molecule has 9 nitrogen and oxygen atoms in total. The number of nitrogens with one attached hydrogen (secondary N) is 2. The van der Waals surface area contributed by atoms with Gasteiger partial charge in [0, 0.05) is 43.3 Å². The SMILES string of the molecule is COc1cc2nc(Nc3ccncn3)nc(NC3CCN(Cc4ccccc4)CC3)c2cc1OC. The number of anilines is 3. The molecule has 3 heterocycles. The molecule has 0 saturated carbocycles. The molecular formula is C26H29N7O2. The maximum absolute atomic E-state index is 5.54. The fraction of sp³-hybridized carbons (Fsp3) is 0.308. The summed E-state index contributed by atoms with van der Waals surface area (Å²) < 4.78 is 11.0. The lowest BCUT2D eigenvalue weighted by atomic mass is 10.0. The summed E-state index contributed by atoms with van der Waals surface area (Å²) in [4.78, 5) is 20.2. The number of methoxy groups -OCH3 is 2. The van der Waals surface area contributed by atoms with Crippen LogP contribution in [0.5, 0.6) is 11.5 Å². The van der Waals surface area contributed by atoms with Crippen molar-refractivity contribution in [2.45, 2.75) is 25.4 Å². The molecule has 0 aliphatic carbocycles. The molecule has 0 radical (unpaired) electrons. The summed E-state index contributed by atoms with van der Waals surface area (Å²) in [5, 5.41) is 7.73. The molecule has 9 heteroatoms. The number of hydrogen-bond acceptors (Lipinski definition) is 9. The first kappa shape index (κ1) is 22.8. The smallest absolute Gasteiger partial charge is 0.230 e. The molecule has 5 rings (SSSR count). The second kappa shape index (κ2) is 10.5. The predicted octanol–water partition coefficient (Wildman–Crippen LogP) is 4.26. The number of aromatic nitrogens is 4. The summed E-state index contributed by atoms with van der Waals surface area (Å²) in [5.74, 6) is 3.09. The molecule has 4 aromatic rings. The number of benzene rings is 2. The van der Waals surface area contributed by atoms with Gasteiger partial charge in [0.1, 0.15) is 18.0 Å². The highest BCUT2D eigenvalue weighted by atomic mass is 16.5. The lowest BCUT2D eigenvalue weighted by Gasteiger charge is -2.32. The zero-order valence-corrected chi connectivity index (χ0v) is 19.9.